The van der Waals surface area contributed by atoms with E-state index in [4.69, 9.17) is 32.7 Å². The number of fused-ring (bicyclic) bond motifs is 1. The zero-order chi connectivity index (χ0) is 29.8. The summed E-state index contributed by atoms with van der Waals surface area (Å²) in [6.45, 7) is 4.55. The Morgan fingerprint density at radius 3 is 2.60 bits per heavy atom. The molecular formula is C32H35Cl2N3O5. The summed E-state index contributed by atoms with van der Waals surface area (Å²) in [5.41, 5.74) is -0.0290. The van der Waals surface area contributed by atoms with Gasteiger partial charge < -0.3 is 25.0 Å². The lowest BCUT2D eigenvalue weighted by molar-refractivity contribution is -0.142. The molecule has 3 heterocycles. The molecule has 3 fully saturated rings. The van der Waals surface area contributed by atoms with E-state index in [2.05, 4.69) is 24.5 Å². The number of nitrogens with one attached hydrogen (secondary N) is 2. The summed E-state index contributed by atoms with van der Waals surface area (Å²) in [6.07, 6.45) is 6.04. The lowest BCUT2D eigenvalue weighted by Crippen LogP contribution is -2.57. The molecule has 222 valence electrons. The van der Waals surface area contributed by atoms with E-state index in [1.807, 2.05) is 30.3 Å². The highest BCUT2D eigenvalue weighted by Crippen LogP contribution is 2.55. The van der Waals surface area contributed by atoms with Crippen LogP contribution in [0.3, 0.4) is 0 Å². The third-order valence-corrected chi connectivity index (χ3v) is 10.0. The van der Waals surface area contributed by atoms with E-state index in [9.17, 15) is 14.4 Å². The fraction of sp³-hybridized carbons (Fsp3) is 0.469. The van der Waals surface area contributed by atoms with E-state index in [1.54, 1.807) is 36.3 Å². The average molecular weight is 613 g/mol. The summed E-state index contributed by atoms with van der Waals surface area (Å²) in [6, 6.07) is 11.2. The van der Waals surface area contributed by atoms with Gasteiger partial charge in [-0.3, -0.25) is 14.4 Å². The van der Waals surface area contributed by atoms with Crippen LogP contribution in [-0.4, -0.2) is 53.5 Å². The van der Waals surface area contributed by atoms with Crippen molar-refractivity contribution in [1.82, 2.24) is 10.2 Å². The van der Waals surface area contributed by atoms with Gasteiger partial charge in [-0.25, -0.2) is 0 Å². The van der Waals surface area contributed by atoms with Crippen molar-refractivity contribution in [2.24, 2.45) is 23.7 Å². The number of carbonyl (C=O) groups excluding carboxylic acids is 3. The van der Waals surface area contributed by atoms with Crippen molar-refractivity contribution in [2.45, 2.75) is 63.4 Å². The number of halogens is 2. The standard InChI is InChI=1S/C32H35Cl2N3O5/c1-17-6-4-9-24(18(17)2)36-30(39)28-32-11-10-25(42-32)26(29(38)35-22-14-20(33)13-21(34)15-22)27(32)31(40)37(28)16-19-7-5-8-23(12-19)41-3/h5,7-8,10-15,17-18,24-28H,4,6,9,16H2,1-3H3,(H,35,38)(H,36,39)/t17-,18+,24-,25-,26-,27-,28+,32+/m1/s1. The highest BCUT2D eigenvalue weighted by molar-refractivity contribution is 6.35. The molecule has 2 saturated heterocycles. The maximum absolute atomic E-state index is 14.3. The zero-order valence-corrected chi connectivity index (χ0v) is 25.3. The lowest BCUT2D eigenvalue weighted by atomic mass is 9.73. The molecule has 42 heavy (non-hydrogen) atoms. The Kier molecular flexibility index (Phi) is 7.75. The second kappa shape index (κ2) is 11.2. The summed E-state index contributed by atoms with van der Waals surface area (Å²) in [5, 5.41) is 6.91. The fourth-order valence-electron chi connectivity index (χ4n) is 7.30. The number of likely N-dealkylation sites (tertiary alicyclic amines) is 1. The predicted molar refractivity (Wildman–Crippen MR) is 160 cm³/mol. The van der Waals surface area contributed by atoms with Crippen molar-refractivity contribution in [1.29, 1.82) is 0 Å². The number of amides is 3. The van der Waals surface area contributed by atoms with E-state index in [0.29, 0.717) is 33.3 Å². The second-order valence-electron chi connectivity index (χ2n) is 12.0. The molecule has 4 aliphatic rings. The topological polar surface area (TPSA) is 97.0 Å². The van der Waals surface area contributed by atoms with E-state index in [0.717, 1.165) is 24.8 Å². The first-order valence-electron chi connectivity index (χ1n) is 14.5. The Labute approximate surface area is 255 Å². The Balaban J connectivity index is 1.34. The van der Waals surface area contributed by atoms with Gasteiger partial charge in [-0.05, 0) is 54.2 Å². The second-order valence-corrected chi connectivity index (χ2v) is 12.9. The molecule has 3 aliphatic heterocycles. The first-order chi connectivity index (χ1) is 20.1. The van der Waals surface area contributed by atoms with Crippen molar-refractivity contribution in [2.75, 3.05) is 12.4 Å². The molecule has 1 spiro atoms. The molecule has 10 heteroatoms. The van der Waals surface area contributed by atoms with Gasteiger partial charge in [0.05, 0.1) is 25.0 Å². The van der Waals surface area contributed by atoms with Crippen molar-refractivity contribution >= 4 is 46.6 Å². The summed E-state index contributed by atoms with van der Waals surface area (Å²) in [5.74, 6) is -1.20. The van der Waals surface area contributed by atoms with Crippen LogP contribution in [0, 0.1) is 23.7 Å². The summed E-state index contributed by atoms with van der Waals surface area (Å²) in [4.78, 5) is 43.8. The van der Waals surface area contributed by atoms with E-state index in [-0.39, 0.29) is 30.3 Å². The van der Waals surface area contributed by atoms with Crippen molar-refractivity contribution in [3.8, 4) is 5.75 Å². The van der Waals surface area contributed by atoms with Crippen LogP contribution < -0.4 is 15.4 Å². The van der Waals surface area contributed by atoms with Gasteiger partial charge in [0, 0.05) is 28.3 Å². The molecule has 0 radical (unpaired) electrons. The highest BCUT2D eigenvalue weighted by Gasteiger charge is 2.72. The number of ether oxygens (including phenoxy) is 2. The van der Waals surface area contributed by atoms with Crippen LogP contribution in [0.15, 0.2) is 54.6 Å². The van der Waals surface area contributed by atoms with Crippen molar-refractivity contribution in [3.63, 3.8) is 0 Å². The minimum atomic E-state index is -1.26. The Hall–Kier alpha value is -3.07. The molecule has 3 amide bonds. The van der Waals surface area contributed by atoms with Crippen LogP contribution in [0.4, 0.5) is 5.69 Å². The van der Waals surface area contributed by atoms with Crippen LogP contribution >= 0.6 is 23.2 Å². The molecule has 2 aromatic rings. The predicted octanol–water partition coefficient (Wildman–Crippen LogP) is 5.23. The first kappa shape index (κ1) is 29.0. The van der Waals surface area contributed by atoms with Gasteiger partial charge in [0.15, 0.2) is 0 Å². The van der Waals surface area contributed by atoms with Gasteiger partial charge in [-0.15, -0.1) is 0 Å². The first-order valence-corrected chi connectivity index (χ1v) is 15.2. The normalized spacial score (nSPS) is 33.0. The molecule has 2 N–H and O–H groups in total. The van der Waals surface area contributed by atoms with Crippen LogP contribution in [-0.2, 0) is 25.7 Å². The van der Waals surface area contributed by atoms with Gasteiger partial charge in [0.25, 0.3) is 0 Å². The molecule has 2 bridgehead atoms. The molecule has 0 unspecified atom stereocenters. The fourth-order valence-corrected chi connectivity index (χ4v) is 7.83. The summed E-state index contributed by atoms with van der Waals surface area (Å²) in [7, 11) is 1.58. The summed E-state index contributed by atoms with van der Waals surface area (Å²) < 4.78 is 11.9. The molecule has 2 aromatic carbocycles. The van der Waals surface area contributed by atoms with Crippen LogP contribution in [0.1, 0.15) is 38.7 Å². The van der Waals surface area contributed by atoms with E-state index in [1.165, 1.54) is 0 Å². The molecule has 1 saturated carbocycles. The SMILES string of the molecule is COc1cccc(CN2C(=O)[C@H]3[C@H](C(=O)Nc4cc(Cl)cc(Cl)c4)[C@H]4C=C[C@@]3(O4)[C@@H]2C(=O)N[C@@H]2CCC[C@@H](C)[C@@H]2C)c1. The van der Waals surface area contributed by atoms with Gasteiger partial charge >= 0.3 is 0 Å². The summed E-state index contributed by atoms with van der Waals surface area (Å²) >= 11 is 12.3. The van der Waals surface area contributed by atoms with Crippen LogP contribution in [0.2, 0.25) is 10.0 Å². The lowest BCUT2D eigenvalue weighted by Gasteiger charge is -2.38. The molecular weight excluding hydrogens is 577 g/mol. The van der Waals surface area contributed by atoms with Crippen LogP contribution in [0.5, 0.6) is 5.75 Å². The van der Waals surface area contributed by atoms with Gasteiger partial charge in [0.1, 0.15) is 17.4 Å². The largest absolute Gasteiger partial charge is 0.497 e. The third-order valence-electron chi connectivity index (χ3n) is 9.58. The molecule has 1 aliphatic carbocycles. The van der Waals surface area contributed by atoms with Gasteiger partial charge in [0.2, 0.25) is 17.7 Å². The number of hydrogen-bond donors (Lipinski definition) is 2. The number of rotatable bonds is 7. The van der Waals surface area contributed by atoms with Gasteiger partial charge in [-0.1, -0.05) is 74.2 Å². The number of methoxy groups -OCH3 is 1. The number of anilines is 1. The molecule has 6 rings (SSSR count). The van der Waals surface area contributed by atoms with E-state index >= 15 is 0 Å². The van der Waals surface area contributed by atoms with Crippen LogP contribution in [0.25, 0.3) is 0 Å². The molecule has 8 nitrogen and oxygen atoms in total. The third kappa shape index (κ3) is 4.97. The number of nitrogens with zero attached hydrogens (tertiary/aromatic N) is 1. The number of benzene rings is 2. The van der Waals surface area contributed by atoms with Crippen molar-refractivity contribution in [3.05, 3.63) is 70.2 Å². The monoisotopic (exact) mass is 611 g/mol. The quantitative estimate of drug-likeness (QED) is 0.418. The molecule has 0 aromatic heterocycles. The average Bonchev–Trinajstić information content (AvgIpc) is 3.58. The number of hydrogen-bond acceptors (Lipinski definition) is 5. The maximum atomic E-state index is 14.3. The highest BCUT2D eigenvalue weighted by atomic mass is 35.5. The number of carbonyl (C=O) groups is 3. The van der Waals surface area contributed by atoms with E-state index < -0.39 is 29.6 Å². The Morgan fingerprint density at radius 2 is 1.86 bits per heavy atom. The minimum Gasteiger partial charge on any atom is -0.497 e. The molecule has 8 atom stereocenters. The Morgan fingerprint density at radius 1 is 1.10 bits per heavy atom. The van der Waals surface area contributed by atoms with Crippen molar-refractivity contribution < 1.29 is 23.9 Å². The minimum absolute atomic E-state index is 0.000253. The zero-order valence-electron chi connectivity index (χ0n) is 23.8. The Bertz CT molecular complexity index is 1430. The van der Waals surface area contributed by atoms with Gasteiger partial charge in [-0.2, -0.15) is 0 Å². The maximum Gasteiger partial charge on any atom is 0.246 e. The smallest absolute Gasteiger partial charge is 0.246 e.